The molecule has 0 radical (unpaired) electrons. The number of methoxy groups -OCH3 is 1. The van der Waals surface area contributed by atoms with Gasteiger partial charge < -0.3 is 10.1 Å². The zero-order chi connectivity index (χ0) is 15.1. The predicted octanol–water partition coefficient (Wildman–Crippen LogP) is 3.14. The Hall–Kier alpha value is -2.80. The number of nitrogens with one attached hydrogen (secondary N) is 1. The number of nitrogens with zero attached hydrogens (tertiary/aromatic N) is 1. The average Bonchev–Trinajstić information content (AvgIpc) is 2.54. The molecule has 4 heteroatoms. The summed E-state index contributed by atoms with van der Waals surface area (Å²) in [7, 11) is 1.60. The van der Waals surface area contributed by atoms with Crippen LogP contribution in [0.25, 0.3) is 0 Å². The first kappa shape index (κ1) is 14.6. The van der Waals surface area contributed by atoms with Crippen LogP contribution in [0.15, 0.2) is 48.5 Å². The van der Waals surface area contributed by atoms with Crippen molar-refractivity contribution in [3.05, 3.63) is 59.7 Å². The summed E-state index contributed by atoms with van der Waals surface area (Å²) >= 11 is 0. The number of ether oxygens (including phenoxy) is 1. The molecule has 106 valence electrons. The van der Waals surface area contributed by atoms with Crippen LogP contribution < -0.4 is 10.1 Å². The van der Waals surface area contributed by atoms with E-state index < -0.39 is 0 Å². The number of rotatable bonds is 5. The molecular formula is C17H16N2O2. The van der Waals surface area contributed by atoms with E-state index in [1.807, 2.05) is 18.2 Å². The lowest BCUT2D eigenvalue weighted by Crippen LogP contribution is -2.12. The molecule has 2 aromatic rings. The molecular weight excluding hydrogens is 264 g/mol. The Balaban J connectivity index is 1.91. The molecule has 0 saturated heterocycles. The van der Waals surface area contributed by atoms with Crippen molar-refractivity contribution in [3.8, 4) is 11.8 Å². The van der Waals surface area contributed by atoms with E-state index in [1.165, 1.54) is 0 Å². The first-order valence-electron chi connectivity index (χ1n) is 6.65. The number of aryl methyl sites for hydroxylation is 1. The van der Waals surface area contributed by atoms with Crippen LogP contribution in [0.4, 0.5) is 5.69 Å². The summed E-state index contributed by atoms with van der Waals surface area (Å²) in [6.45, 7) is 0. The van der Waals surface area contributed by atoms with Gasteiger partial charge in [-0.15, -0.1) is 0 Å². The van der Waals surface area contributed by atoms with E-state index in [9.17, 15) is 4.79 Å². The summed E-state index contributed by atoms with van der Waals surface area (Å²) < 4.78 is 5.06. The van der Waals surface area contributed by atoms with E-state index >= 15 is 0 Å². The van der Waals surface area contributed by atoms with Crippen molar-refractivity contribution in [2.24, 2.45) is 0 Å². The lowest BCUT2D eigenvalue weighted by atomic mass is 10.0. The fourth-order valence-corrected chi connectivity index (χ4v) is 1.99. The minimum absolute atomic E-state index is 0.0760. The van der Waals surface area contributed by atoms with Crippen molar-refractivity contribution in [1.29, 1.82) is 5.26 Å². The van der Waals surface area contributed by atoms with Crippen molar-refractivity contribution in [1.82, 2.24) is 0 Å². The third-order valence-corrected chi connectivity index (χ3v) is 3.13. The number of amides is 1. The van der Waals surface area contributed by atoms with Gasteiger partial charge >= 0.3 is 0 Å². The van der Waals surface area contributed by atoms with E-state index in [2.05, 4.69) is 11.4 Å². The van der Waals surface area contributed by atoms with Crippen LogP contribution in [-0.4, -0.2) is 13.0 Å². The van der Waals surface area contributed by atoms with Crippen LogP contribution in [0.5, 0.6) is 5.75 Å². The highest BCUT2D eigenvalue weighted by atomic mass is 16.5. The monoisotopic (exact) mass is 280 g/mol. The minimum atomic E-state index is -0.0760. The number of benzene rings is 2. The molecule has 2 aromatic carbocycles. The summed E-state index contributed by atoms with van der Waals surface area (Å²) in [5.74, 6) is 0.670. The molecule has 0 aromatic heterocycles. The van der Waals surface area contributed by atoms with Crippen molar-refractivity contribution >= 4 is 11.6 Å². The van der Waals surface area contributed by atoms with Gasteiger partial charge in [-0.1, -0.05) is 18.2 Å². The Labute approximate surface area is 124 Å². The van der Waals surface area contributed by atoms with Gasteiger partial charge in [-0.25, -0.2) is 0 Å². The van der Waals surface area contributed by atoms with E-state index in [0.29, 0.717) is 18.4 Å². The summed E-state index contributed by atoms with van der Waals surface area (Å²) in [4.78, 5) is 11.9. The van der Waals surface area contributed by atoms with Crippen LogP contribution in [0.3, 0.4) is 0 Å². The lowest BCUT2D eigenvalue weighted by Gasteiger charge is -2.07. The molecule has 0 aliphatic carbocycles. The lowest BCUT2D eigenvalue weighted by molar-refractivity contribution is -0.116. The highest BCUT2D eigenvalue weighted by Gasteiger charge is 2.06. The molecule has 0 fully saturated rings. The minimum Gasteiger partial charge on any atom is -0.497 e. The summed E-state index contributed by atoms with van der Waals surface area (Å²) in [6.07, 6.45) is 0.885. The van der Waals surface area contributed by atoms with Gasteiger partial charge in [0.2, 0.25) is 5.91 Å². The number of hydrogen-bond donors (Lipinski definition) is 1. The van der Waals surface area contributed by atoms with Crippen LogP contribution in [-0.2, 0) is 11.2 Å². The maximum atomic E-state index is 11.9. The zero-order valence-corrected chi connectivity index (χ0v) is 11.8. The van der Waals surface area contributed by atoms with E-state index in [1.54, 1.807) is 37.4 Å². The number of anilines is 1. The van der Waals surface area contributed by atoms with Crippen molar-refractivity contribution in [3.63, 3.8) is 0 Å². The van der Waals surface area contributed by atoms with Gasteiger partial charge in [0.15, 0.2) is 0 Å². The molecule has 1 N–H and O–H groups in total. The summed E-state index contributed by atoms with van der Waals surface area (Å²) in [6, 6.07) is 16.6. The second-order valence-corrected chi connectivity index (χ2v) is 4.55. The molecule has 0 atom stereocenters. The van der Waals surface area contributed by atoms with Gasteiger partial charge in [0.05, 0.1) is 18.7 Å². The quantitative estimate of drug-likeness (QED) is 0.915. The summed E-state index contributed by atoms with van der Waals surface area (Å²) in [5.41, 5.74) is 2.24. The fraction of sp³-hybridized carbons (Fsp3) is 0.176. The van der Waals surface area contributed by atoms with Gasteiger partial charge in [-0.05, 0) is 42.3 Å². The van der Waals surface area contributed by atoms with Crippen LogP contribution in [0.2, 0.25) is 0 Å². The molecule has 0 bridgehead atoms. The van der Waals surface area contributed by atoms with Gasteiger partial charge in [0, 0.05) is 12.1 Å². The average molecular weight is 280 g/mol. The summed E-state index contributed by atoms with van der Waals surface area (Å²) in [5, 5.41) is 11.8. The molecule has 1 amide bonds. The SMILES string of the molecule is COc1ccc(NC(=O)CCc2ccccc2C#N)cc1. The van der Waals surface area contributed by atoms with E-state index in [0.717, 1.165) is 17.0 Å². The third kappa shape index (κ3) is 4.08. The molecule has 0 spiro atoms. The van der Waals surface area contributed by atoms with Gasteiger partial charge in [0.1, 0.15) is 5.75 Å². The fourth-order valence-electron chi connectivity index (χ4n) is 1.99. The molecule has 21 heavy (non-hydrogen) atoms. The zero-order valence-electron chi connectivity index (χ0n) is 11.8. The third-order valence-electron chi connectivity index (χ3n) is 3.13. The number of carbonyl (C=O) groups is 1. The molecule has 0 saturated carbocycles. The molecule has 0 unspecified atom stereocenters. The van der Waals surface area contributed by atoms with Crippen LogP contribution in [0, 0.1) is 11.3 Å². The Morgan fingerprint density at radius 3 is 2.57 bits per heavy atom. The Morgan fingerprint density at radius 1 is 1.19 bits per heavy atom. The Morgan fingerprint density at radius 2 is 1.90 bits per heavy atom. The topological polar surface area (TPSA) is 62.1 Å². The van der Waals surface area contributed by atoms with Gasteiger partial charge in [-0.2, -0.15) is 5.26 Å². The van der Waals surface area contributed by atoms with E-state index in [4.69, 9.17) is 10.00 Å². The van der Waals surface area contributed by atoms with E-state index in [-0.39, 0.29) is 5.91 Å². The number of hydrogen-bond acceptors (Lipinski definition) is 3. The van der Waals surface area contributed by atoms with Gasteiger partial charge in [0.25, 0.3) is 0 Å². The standard InChI is InChI=1S/C17H16N2O2/c1-21-16-9-7-15(8-10-16)19-17(20)11-6-13-4-2-3-5-14(13)12-18/h2-5,7-10H,6,11H2,1H3,(H,19,20). The van der Waals surface area contributed by atoms with Crippen LogP contribution >= 0.6 is 0 Å². The van der Waals surface area contributed by atoms with Crippen molar-refractivity contribution < 1.29 is 9.53 Å². The Bertz CT molecular complexity index is 657. The van der Waals surface area contributed by atoms with Gasteiger partial charge in [-0.3, -0.25) is 4.79 Å². The molecule has 2 rings (SSSR count). The second-order valence-electron chi connectivity index (χ2n) is 4.55. The number of nitriles is 1. The largest absolute Gasteiger partial charge is 0.497 e. The molecule has 0 aliphatic rings. The maximum Gasteiger partial charge on any atom is 0.224 e. The van der Waals surface area contributed by atoms with Crippen LogP contribution in [0.1, 0.15) is 17.5 Å². The molecule has 4 nitrogen and oxygen atoms in total. The molecule has 0 heterocycles. The highest BCUT2D eigenvalue weighted by molar-refractivity contribution is 5.90. The maximum absolute atomic E-state index is 11.9. The highest BCUT2D eigenvalue weighted by Crippen LogP contribution is 2.16. The first-order chi connectivity index (χ1) is 10.2. The molecule has 0 aliphatic heterocycles. The Kier molecular flexibility index (Phi) is 4.94. The van der Waals surface area contributed by atoms with Crippen molar-refractivity contribution in [2.45, 2.75) is 12.8 Å². The second kappa shape index (κ2) is 7.11. The first-order valence-corrected chi connectivity index (χ1v) is 6.65. The number of carbonyl (C=O) groups excluding carboxylic acids is 1. The van der Waals surface area contributed by atoms with Crippen molar-refractivity contribution in [2.75, 3.05) is 12.4 Å². The smallest absolute Gasteiger partial charge is 0.224 e. The predicted molar refractivity (Wildman–Crippen MR) is 81.1 cm³/mol. The normalized spacial score (nSPS) is 9.71.